The van der Waals surface area contributed by atoms with Crippen molar-refractivity contribution in [1.29, 1.82) is 0 Å². The van der Waals surface area contributed by atoms with E-state index in [2.05, 4.69) is 4.98 Å². The van der Waals surface area contributed by atoms with Gasteiger partial charge >= 0.3 is 5.97 Å². The van der Waals surface area contributed by atoms with Crippen molar-refractivity contribution in [2.24, 2.45) is 0 Å². The first-order valence-corrected chi connectivity index (χ1v) is 6.61. The lowest BCUT2D eigenvalue weighted by atomic mass is 10.2. The Kier molecular flexibility index (Phi) is 5.10. The number of aryl methyl sites for hydroxylation is 1. The lowest BCUT2D eigenvalue weighted by Gasteiger charge is -2.00. The molecule has 0 unspecified atom stereocenters. The van der Waals surface area contributed by atoms with Crippen molar-refractivity contribution in [2.45, 2.75) is 27.7 Å². The van der Waals surface area contributed by atoms with E-state index in [-0.39, 0.29) is 5.97 Å². The third-order valence-corrected chi connectivity index (χ3v) is 3.14. The van der Waals surface area contributed by atoms with Crippen LogP contribution in [0.4, 0.5) is 0 Å². The number of hydrogen-bond acceptors (Lipinski definition) is 4. The molecule has 0 aliphatic carbocycles. The number of aromatic nitrogens is 1. The zero-order chi connectivity index (χ0) is 12.8. The van der Waals surface area contributed by atoms with Crippen LogP contribution in [0, 0.1) is 6.92 Å². The minimum atomic E-state index is -0.307. The molecular weight excluding hydrogens is 234 g/mol. The molecule has 4 heteroatoms. The van der Waals surface area contributed by atoms with Crippen LogP contribution < -0.4 is 0 Å². The van der Waals surface area contributed by atoms with Gasteiger partial charge in [-0.15, -0.1) is 11.3 Å². The monoisotopic (exact) mass is 251 g/mol. The van der Waals surface area contributed by atoms with E-state index >= 15 is 0 Å². The van der Waals surface area contributed by atoms with E-state index < -0.39 is 0 Å². The number of ether oxygens (including phenoxy) is 1. The van der Waals surface area contributed by atoms with E-state index in [1.165, 1.54) is 0 Å². The number of thiophene rings is 1. The molecule has 0 spiro atoms. The maximum atomic E-state index is 11.4. The molecule has 0 N–H and O–H groups in total. The summed E-state index contributed by atoms with van der Waals surface area (Å²) in [5, 5.41) is 2.03. The van der Waals surface area contributed by atoms with Crippen molar-refractivity contribution < 1.29 is 9.53 Å². The number of nitrogens with zero attached hydrogens (tertiary/aromatic N) is 1. The minimum absolute atomic E-state index is 0.307. The maximum Gasteiger partial charge on any atom is 0.339 e. The Morgan fingerprint density at radius 2 is 2.18 bits per heavy atom. The largest absolute Gasteiger partial charge is 0.462 e. The summed E-state index contributed by atoms with van der Waals surface area (Å²) >= 11 is 1.59. The smallest absolute Gasteiger partial charge is 0.339 e. The first-order chi connectivity index (χ1) is 8.22. The van der Waals surface area contributed by atoms with Crippen molar-refractivity contribution in [3.63, 3.8) is 0 Å². The van der Waals surface area contributed by atoms with Gasteiger partial charge in [0.25, 0.3) is 0 Å². The molecule has 2 aromatic heterocycles. The standard InChI is InChI=1S/C11H11NO2S.C2H6/c1-3-14-11(13)8-4-9-10(12-5-8)7(2)6-15-9;1-2/h4-6H,3H2,1-2H3;1-2H3. The molecule has 92 valence electrons. The quantitative estimate of drug-likeness (QED) is 0.762. The fraction of sp³-hybridized carbons (Fsp3) is 0.385. The van der Waals surface area contributed by atoms with Crippen molar-refractivity contribution >= 4 is 27.5 Å². The summed E-state index contributed by atoms with van der Waals surface area (Å²) in [6.45, 7) is 8.19. The molecule has 0 aromatic carbocycles. The predicted octanol–water partition coefficient (Wildman–Crippen LogP) is 3.81. The Labute approximate surface area is 105 Å². The Balaban J connectivity index is 0.000000686. The number of carbonyl (C=O) groups is 1. The highest BCUT2D eigenvalue weighted by Gasteiger charge is 2.09. The molecule has 2 aromatic rings. The van der Waals surface area contributed by atoms with Crippen LogP contribution in [0.15, 0.2) is 17.6 Å². The lowest BCUT2D eigenvalue weighted by Crippen LogP contribution is -2.04. The van der Waals surface area contributed by atoms with Crippen LogP contribution in [0.25, 0.3) is 10.2 Å². The summed E-state index contributed by atoms with van der Waals surface area (Å²) in [4.78, 5) is 15.7. The third kappa shape index (κ3) is 3.03. The van der Waals surface area contributed by atoms with Crippen LogP contribution in [0.5, 0.6) is 0 Å². The zero-order valence-corrected chi connectivity index (χ0v) is 11.4. The highest BCUT2D eigenvalue weighted by molar-refractivity contribution is 7.17. The average molecular weight is 251 g/mol. The number of fused-ring (bicyclic) bond motifs is 1. The molecule has 3 nitrogen and oxygen atoms in total. The number of rotatable bonds is 2. The molecule has 0 saturated carbocycles. The fourth-order valence-corrected chi connectivity index (χ4v) is 2.30. The number of hydrogen-bond donors (Lipinski definition) is 0. The molecule has 0 atom stereocenters. The highest BCUT2D eigenvalue weighted by atomic mass is 32.1. The molecule has 2 heterocycles. The fourth-order valence-electron chi connectivity index (χ4n) is 1.36. The molecule has 2 rings (SSSR count). The van der Waals surface area contributed by atoms with Gasteiger partial charge in [-0.05, 0) is 30.9 Å². The molecular formula is C13H17NO2S. The van der Waals surface area contributed by atoms with Gasteiger partial charge in [-0.2, -0.15) is 0 Å². The average Bonchev–Trinajstić information content (AvgIpc) is 2.73. The number of esters is 1. The Morgan fingerprint density at radius 3 is 2.82 bits per heavy atom. The summed E-state index contributed by atoms with van der Waals surface area (Å²) in [6, 6.07) is 1.83. The van der Waals surface area contributed by atoms with Crippen molar-refractivity contribution in [1.82, 2.24) is 4.98 Å². The summed E-state index contributed by atoms with van der Waals surface area (Å²) in [5.74, 6) is -0.307. The maximum absolute atomic E-state index is 11.4. The van der Waals surface area contributed by atoms with Crippen LogP contribution in [-0.2, 0) is 4.74 Å². The second kappa shape index (κ2) is 6.35. The van der Waals surface area contributed by atoms with E-state index in [0.29, 0.717) is 12.2 Å². The van der Waals surface area contributed by atoms with Crippen LogP contribution in [0.1, 0.15) is 36.7 Å². The second-order valence-corrected chi connectivity index (χ2v) is 4.12. The first kappa shape index (κ1) is 13.6. The van der Waals surface area contributed by atoms with Gasteiger partial charge in [-0.3, -0.25) is 4.98 Å². The summed E-state index contributed by atoms with van der Waals surface area (Å²) in [5.41, 5.74) is 2.63. The van der Waals surface area contributed by atoms with Gasteiger partial charge in [-0.25, -0.2) is 4.79 Å². The molecule has 0 amide bonds. The lowest BCUT2D eigenvalue weighted by molar-refractivity contribution is 0.0526. The van der Waals surface area contributed by atoms with Crippen molar-refractivity contribution in [2.75, 3.05) is 6.61 Å². The van der Waals surface area contributed by atoms with Crippen LogP contribution in [-0.4, -0.2) is 17.6 Å². The van der Waals surface area contributed by atoms with Crippen molar-refractivity contribution in [3.8, 4) is 0 Å². The number of carbonyl (C=O) groups excluding carboxylic acids is 1. The van der Waals surface area contributed by atoms with E-state index in [4.69, 9.17) is 4.74 Å². The Hall–Kier alpha value is -1.42. The normalized spacial score (nSPS) is 9.65. The molecule has 0 radical (unpaired) electrons. The van der Waals surface area contributed by atoms with E-state index in [0.717, 1.165) is 15.8 Å². The predicted molar refractivity (Wildman–Crippen MR) is 71.7 cm³/mol. The van der Waals surface area contributed by atoms with Gasteiger partial charge in [0.05, 0.1) is 22.4 Å². The highest BCUT2D eigenvalue weighted by Crippen LogP contribution is 2.24. The first-order valence-electron chi connectivity index (χ1n) is 5.73. The zero-order valence-electron chi connectivity index (χ0n) is 10.6. The van der Waals surface area contributed by atoms with E-state index in [1.54, 1.807) is 24.5 Å². The van der Waals surface area contributed by atoms with Gasteiger partial charge in [0, 0.05) is 6.20 Å². The summed E-state index contributed by atoms with van der Waals surface area (Å²) in [7, 11) is 0. The SMILES string of the molecule is CC.CCOC(=O)c1cnc2c(C)csc2c1. The van der Waals surface area contributed by atoms with Crippen LogP contribution >= 0.6 is 11.3 Å². The third-order valence-electron chi connectivity index (χ3n) is 2.10. The summed E-state index contributed by atoms with van der Waals surface area (Å²) in [6.07, 6.45) is 1.57. The Morgan fingerprint density at radius 1 is 1.47 bits per heavy atom. The topological polar surface area (TPSA) is 39.2 Å². The van der Waals surface area contributed by atoms with Gasteiger partial charge in [-0.1, -0.05) is 13.8 Å². The van der Waals surface area contributed by atoms with Gasteiger partial charge in [0.2, 0.25) is 0 Å². The van der Waals surface area contributed by atoms with Crippen LogP contribution in [0.3, 0.4) is 0 Å². The van der Waals surface area contributed by atoms with Gasteiger partial charge < -0.3 is 4.74 Å². The van der Waals surface area contributed by atoms with E-state index in [1.807, 2.05) is 32.2 Å². The second-order valence-electron chi connectivity index (χ2n) is 3.21. The van der Waals surface area contributed by atoms with Crippen LogP contribution in [0.2, 0.25) is 0 Å². The molecule has 0 saturated heterocycles. The Bertz CT molecular complexity index is 505. The molecule has 0 fully saturated rings. The molecule has 0 bridgehead atoms. The van der Waals surface area contributed by atoms with Crippen molar-refractivity contribution in [3.05, 3.63) is 28.8 Å². The van der Waals surface area contributed by atoms with E-state index in [9.17, 15) is 4.79 Å². The van der Waals surface area contributed by atoms with Gasteiger partial charge in [0.1, 0.15) is 0 Å². The molecule has 0 aliphatic rings. The van der Waals surface area contributed by atoms with Gasteiger partial charge in [0.15, 0.2) is 0 Å². The molecule has 17 heavy (non-hydrogen) atoms. The summed E-state index contributed by atoms with van der Waals surface area (Å²) < 4.78 is 5.94. The number of pyridine rings is 1. The minimum Gasteiger partial charge on any atom is -0.462 e. The molecule has 0 aliphatic heterocycles.